The van der Waals surface area contributed by atoms with E-state index < -0.39 is 0 Å². The van der Waals surface area contributed by atoms with E-state index in [-0.39, 0.29) is 11.9 Å². The summed E-state index contributed by atoms with van der Waals surface area (Å²) in [5.41, 5.74) is 1.48. The van der Waals surface area contributed by atoms with Crippen molar-refractivity contribution in [3.63, 3.8) is 0 Å². The third-order valence-electron chi connectivity index (χ3n) is 5.08. The minimum absolute atomic E-state index is 0.0115. The molecule has 0 bridgehead atoms. The summed E-state index contributed by atoms with van der Waals surface area (Å²) in [5, 5.41) is 4.59. The number of carbonyl (C=O) groups excluding carboxylic acids is 1. The van der Waals surface area contributed by atoms with Crippen molar-refractivity contribution in [1.29, 1.82) is 0 Å². The van der Waals surface area contributed by atoms with E-state index in [4.69, 9.17) is 16.1 Å². The smallest absolute Gasteiger partial charge is 0.255 e. The molecule has 2 heterocycles. The highest BCUT2D eigenvalue weighted by atomic mass is 35.5. The van der Waals surface area contributed by atoms with Gasteiger partial charge in [0.1, 0.15) is 0 Å². The fraction of sp³-hybridized carbons (Fsp3) is 0.286. The molecule has 1 amide bonds. The average Bonchev–Trinajstić information content (AvgIpc) is 3.24. The highest BCUT2D eigenvalue weighted by Gasteiger charge is 2.28. The van der Waals surface area contributed by atoms with Gasteiger partial charge in [-0.25, -0.2) is 0 Å². The Morgan fingerprint density at radius 2 is 1.71 bits per heavy atom. The minimum atomic E-state index is -0.0259. The predicted molar refractivity (Wildman–Crippen MR) is 107 cm³/mol. The molecular weight excluding hydrogens is 376 g/mol. The van der Waals surface area contributed by atoms with E-state index >= 15 is 0 Å². The molecule has 1 aliphatic rings. The standard InChI is InChI=1S/C21H21ClN4O2/c1-15(20-23-19(24-28-20)16-7-3-2-4-8-16)25-11-13-26(14-12-25)21(27)17-9-5-6-10-18(17)22/h2-10,15H,11-14H2,1H3. The largest absolute Gasteiger partial charge is 0.337 e. The van der Waals surface area contributed by atoms with Gasteiger partial charge in [-0.15, -0.1) is 0 Å². The van der Waals surface area contributed by atoms with Crippen LogP contribution >= 0.6 is 11.6 Å². The van der Waals surface area contributed by atoms with Crippen molar-refractivity contribution in [2.45, 2.75) is 13.0 Å². The van der Waals surface area contributed by atoms with Crippen LogP contribution in [-0.2, 0) is 0 Å². The van der Waals surface area contributed by atoms with Crippen molar-refractivity contribution < 1.29 is 9.32 Å². The lowest BCUT2D eigenvalue weighted by molar-refractivity contribution is 0.0552. The van der Waals surface area contributed by atoms with Crippen molar-refractivity contribution in [3.8, 4) is 11.4 Å². The van der Waals surface area contributed by atoms with Gasteiger partial charge in [-0.1, -0.05) is 59.2 Å². The van der Waals surface area contributed by atoms with E-state index in [0.29, 0.717) is 35.4 Å². The quantitative estimate of drug-likeness (QED) is 0.669. The summed E-state index contributed by atoms with van der Waals surface area (Å²) in [6.07, 6.45) is 0. The van der Waals surface area contributed by atoms with Crippen LogP contribution in [-0.4, -0.2) is 52.0 Å². The molecule has 7 heteroatoms. The zero-order valence-corrected chi connectivity index (χ0v) is 16.3. The maximum atomic E-state index is 12.7. The summed E-state index contributed by atoms with van der Waals surface area (Å²) >= 11 is 6.16. The van der Waals surface area contributed by atoms with Crippen LogP contribution in [0.4, 0.5) is 0 Å². The molecule has 1 atom stereocenters. The average molecular weight is 397 g/mol. The fourth-order valence-electron chi connectivity index (χ4n) is 3.38. The van der Waals surface area contributed by atoms with Gasteiger partial charge in [0.25, 0.3) is 5.91 Å². The maximum Gasteiger partial charge on any atom is 0.255 e. The minimum Gasteiger partial charge on any atom is -0.337 e. The van der Waals surface area contributed by atoms with Crippen LogP contribution in [0, 0.1) is 0 Å². The first-order valence-corrected chi connectivity index (χ1v) is 9.68. The Balaban J connectivity index is 1.39. The monoisotopic (exact) mass is 396 g/mol. The van der Waals surface area contributed by atoms with Crippen LogP contribution in [0.25, 0.3) is 11.4 Å². The van der Waals surface area contributed by atoms with Gasteiger partial charge < -0.3 is 9.42 Å². The van der Waals surface area contributed by atoms with E-state index in [1.807, 2.05) is 54.3 Å². The van der Waals surface area contributed by atoms with Crippen LogP contribution in [0.3, 0.4) is 0 Å². The highest BCUT2D eigenvalue weighted by Crippen LogP contribution is 2.24. The molecule has 2 aromatic carbocycles. The Labute approximate surface area is 168 Å². The predicted octanol–water partition coefficient (Wildman–Crippen LogP) is 3.91. The van der Waals surface area contributed by atoms with Gasteiger partial charge in [-0.3, -0.25) is 9.69 Å². The van der Waals surface area contributed by atoms with E-state index in [1.165, 1.54) is 0 Å². The number of amides is 1. The third kappa shape index (κ3) is 3.79. The van der Waals surface area contributed by atoms with Crippen molar-refractivity contribution in [3.05, 3.63) is 71.1 Å². The van der Waals surface area contributed by atoms with Gasteiger partial charge >= 0.3 is 0 Å². The number of carbonyl (C=O) groups is 1. The van der Waals surface area contributed by atoms with Crippen molar-refractivity contribution >= 4 is 17.5 Å². The lowest BCUT2D eigenvalue weighted by Gasteiger charge is -2.36. The molecule has 0 saturated carbocycles. The number of piperazine rings is 1. The number of halogens is 1. The summed E-state index contributed by atoms with van der Waals surface area (Å²) in [5.74, 6) is 1.15. The van der Waals surface area contributed by atoms with Gasteiger partial charge in [0.15, 0.2) is 0 Å². The first-order valence-electron chi connectivity index (χ1n) is 9.30. The number of rotatable bonds is 4. The van der Waals surface area contributed by atoms with Gasteiger partial charge in [-0.05, 0) is 19.1 Å². The Morgan fingerprint density at radius 1 is 1.04 bits per heavy atom. The number of nitrogens with zero attached hydrogens (tertiary/aromatic N) is 4. The van der Waals surface area contributed by atoms with E-state index in [1.54, 1.807) is 12.1 Å². The molecule has 3 aromatic rings. The number of hydrogen-bond acceptors (Lipinski definition) is 5. The third-order valence-corrected chi connectivity index (χ3v) is 5.41. The van der Waals surface area contributed by atoms with Crippen molar-refractivity contribution in [1.82, 2.24) is 19.9 Å². The van der Waals surface area contributed by atoms with E-state index in [2.05, 4.69) is 15.0 Å². The van der Waals surface area contributed by atoms with Crippen LogP contribution in [0.5, 0.6) is 0 Å². The maximum absolute atomic E-state index is 12.7. The molecule has 1 unspecified atom stereocenters. The summed E-state index contributed by atoms with van der Waals surface area (Å²) in [6.45, 7) is 4.79. The Bertz CT molecular complexity index is 952. The molecule has 0 aliphatic carbocycles. The van der Waals surface area contributed by atoms with E-state index in [0.717, 1.165) is 18.7 Å². The Kier molecular flexibility index (Phi) is 5.41. The second-order valence-corrected chi connectivity index (χ2v) is 7.21. The Hall–Kier alpha value is -2.70. The van der Waals surface area contributed by atoms with Crippen molar-refractivity contribution in [2.75, 3.05) is 26.2 Å². The van der Waals surface area contributed by atoms with Crippen LogP contribution in [0.2, 0.25) is 5.02 Å². The normalized spacial score (nSPS) is 16.1. The molecule has 1 aliphatic heterocycles. The second-order valence-electron chi connectivity index (χ2n) is 6.81. The highest BCUT2D eigenvalue weighted by molar-refractivity contribution is 6.33. The van der Waals surface area contributed by atoms with Crippen molar-refractivity contribution in [2.24, 2.45) is 0 Å². The van der Waals surface area contributed by atoms with Gasteiger partial charge in [0.2, 0.25) is 11.7 Å². The molecule has 6 nitrogen and oxygen atoms in total. The molecule has 0 radical (unpaired) electrons. The topological polar surface area (TPSA) is 62.5 Å². The Morgan fingerprint density at radius 3 is 2.43 bits per heavy atom. The molecule has 0 spiro atoms. The molecule has 1 fully saturated rings. The number of hydrogen-bond donors (Lipinski definition) is 0. The summed E-state index contributed by atoms with van der Waals surface area (Å²) < 4.78 is 5.49. The number of aromatic nitrogens is 2. The summed E-state index contributed by atoms with van der Waals surface area (Å²) in [4.78, 5) is 21.4. The molecule has 0 N–H and O–H groups in total. The zero-order valence-electron chi connectivity index (χ0n) is 15.6. The van der Waals surface area contributed by atoms with Crippen LogP contribution in [0.1, 0.15) is 29.2 Å². The molecule has 4 rings (SSSR count). The first-order chi connectivity index (χ1) is 13.6. The molecular formula is C21H21ClN4O2. The molecule has 28 heavy (non-hydrogen) atoms. The fourth-order valence-corrected chi connectivity index (χ4v) is 3.60. The molecule has 144 valence electrons. The van der Waals surface area contributed by atoms with E-state index in [9.17, 15) is 4.79 Å². The van der Waals surface area contributed by atoms with Crippen LogP contribution < -0.4 is 0 Å². The van der Waals surface area contributed by atoms with Crippen LogP contribution in [0.15, 0.2) is 59.1 Å². The second kappa shape index (κ2) is 8.12. The number of benzene rings is 2. The van der Waals surface area contributed by atoms with Gasteiger partial charge in [-0.2, -0.15) is 4.98 Å². The SMILES string of the molecule is CC(c1nc(-c2ccccc2)no1)N1CCN(C(=O)c2ccccc2Cl)CC1. The van der Waals surface area contributed by atoms with Gasteiger partial charge in [0, 0.05) is 31.7 Å². The molecule has 1 saturated heterocycles. The lowest BCUT2D eigenvalue weighted by Crippen LogP contribution is -2.49. The lowest BCUT2D eigenvalue weighted by atomic mass is 10.1. The summed E-state index contributed by atoms with van der Waals surface area (Å²) in [6, 6.07) is 16.9. The molecule has 1 aromatic heterocycles. The van der Waals surface area contributed by atoms with Gasteiger partial charge in [0.05, 0.1) is 16.6 Å². The summed E-state index contributed by atoms with van der Waals surface area (Å²) in [7, 11) is 0. The first kappa shape index (κ1) is 18.7. The zero-order chi connectivity index (χ0) is 19.5.